The normalized spacial score (nSPS) is 19.3. The molecule has 0 spiro atoms. The van der Waals surface area contributed by atoms with Gasteiger partial charge in [0.15, 0.2) is 0 Å². The third-order valence-electron chi connectivity index (χ3n) is 3.03. The van der Waals surface area contributed by atoms with Crippen LogP contribution in [0.3, 0.4) is 0 Å². The number of nitrogens with two attached hydrogens (primary N) is 1. The summed E-state index contributed by atoms with van der Waals surface area (Å²) < 4.78 is 0. The summed E-state index contributed by atoms with van der Waals surface area (Å²) in [6.07, 6.45) is 0.114. The van der Waals surface area contributed by atoms with Gasteiger partial charge in [0.25, 0.3) is 0 Å². The standard InChI is InChI=1S/C12H13ClN2O3/c13-9-1-2-10(8(3-9)6-16)15-5-7(12(14)18)4-11(15)17/h1-3,7,16H,4-6H2,(H2,14,18). The van der Waals surface area contributed by atoms with Crippen LogP contribution in [0.25, 0.3) is 0 Å². The predicted octanol–water partition coefficient (Wildman–Crippen LogP) is 0.670. The second-order valence-electron chi connectivity index (χ2n) is 4.24. The molecule has 1 saturated heterocycles. The Kier molecular flexibility index (Phi) is 3.54. The number of aliphatic hydroxyl groups is 1. The Morgan fingerprint density at radius 3 is 2.83 bits per heavy atom. The molecule has 1 aliphatic rings. The van der Waals surface area contributed by atoms with Crippen molar-refractivity contribution in [3.8, 4) is 0 Å². The summed E-state index contributed by atoms with van der Waals surface area (Å²) in [5.41, 5.74) is 6.34. The first-order chi connectivity index (χ1) is 8.52. The molecule has 1 aromatic rings. The van der Waals surface area contributed by atoms with Gasteiger partial charge in [0.2, 0.25) is 11.8 Å². The van der Waals surface area contributed by atoms with E-state index in [1.54, 1.807) is 18.2 Å². The van der Waals surface area contributed by atoms with E-state index >= 15 is 0 Å². The lowest BCUT2D eigenvalue weighted by Crippen LogP contribution is -2.29. The van der Waals surface area contributed by atoms with Gasteiger partial charge in [-0.1, -0.05) is 11.6 Å². The van der Waals surface area contributed by atoms with Gasteiger partial charge in [0, 0.05) is 29.2 Å². The summed E-state index contributed by atoms with van der Waals surface area (Å²) in [7, 11) is 0. The third kappa shape index (κ3) is 2.32. The minimum absolute atomic E-state index is 0.114. The second-order valence-corrected chi connectivity index (χ2v) is 4.68. The van der Waals surface area contributed by atoms with Crippen LogP contribution in [0, 0.1) is 5.92 Å². The maximum absolute atomic E-state index is 11.8. The maximum Gasteiger partial charge on any atom is 0.227 e. The number of nitrogens with zero attached hydrogens (tertiary/aromatic N) is 1. The molecular formula is C12H13ClN2O3. The number of hydrogen-bond acceptors (Lipinski definition) is 3. The molecule has 2 amide bonds. The van der Waals surface area contributed by atoms with Crippen molar-refractivity contribution in [1.29, 1.82) is 0 Å². The molecule has 1 atom stereocenters. The lowest BCUT2D eigenvalue weighted by atomic mass is 10.1. The first-order valence-electron chi connectivity index (χ1n) is 5.52. The average molecular weight is 269 g/mol. The first kappa shape index (κ1) is 12.9. The van der Waals surface area contributed by atoms with Gasteiger partial charge >= 0.3 is 0 Å². The molecule has 0 saturated carbocycles. The van der Waals surface area contributed by atoms with E-state index in [-0.39, 0.29) is 25.5 Å². The van der Waals surface area contributed by atoms with Gasteiger partial charge in [-0.25, -0.2) is 0 Å². The fourth-order valence-corrected chi connectivity index (χ4v) is 2.27. The van der Waals surface area contributed by atoms with Gasteiger partial charge in [-0.15, -0.1) is 0 Å². The Balaban J connectivity index is 2.32. The number of carbonyl (C=O) groups excluding carboxylic acids is 2. The highest BCUT2D eigenvalue weighted by molar-refractivity contribution is 6.30. The van der Waals surface area contributed by atoms with E-state index in [1.807, 2.05) is 0 Å². The highest BCUT2D eigenvalue weighted by atomic mass is 35.5. The summed E-state index contributed by atoms with van der Waals surface area (Å²) in [5, 5.41) is 9.76. The summed E-state index contributed by atoms with van der Waals surface area (Å²) in [5.74, 6) is -1.12. The van der Waals surface area contributed by atoms with Crippen molar-refractivity contribution in [3.63, 3.8) is 0 Å². The lowest BCUT2D eigenvalue weighted by Gasteiger charge is -2.19. The number of rotatable bonds is 3. The number of aliphatic hydroxyl groups excluding tert-OH is 1. The number of primary amides is 1. The van der Waals surface area contributed by atoms with Crippen LogP contribution in [-0.4, -0.2) is 23.5 Å². The van der Waals surface area contributed by atoms with E-state index < -0.39 is 11.8 Å². The minimum atomic E-state index is -0.481. The third-order valence-corrected chi connectivity index (χ3v) is 3.27. The molecule has 0 radical (unpaired) electrons. The number of hydrogen-bond donors (Lipinski definition) is 2. The topological polar surface area (TPSA) is 83.6 Å². The molecule has 1 fully saturated rings. The van der Waals surface area contributed by atoms with Crippen LogP contribution in [0.4, 0.5) is 5.69 Å². The van der Waals surface area contributed by atoms with E-state index in [0.29, 0.717) is 16.3 Å². The van der Waals surface area contributed by atoms with Gasteiger partial charge < -0.3 is 15.7 Å². The van der Waals surface area contributed by atoms with Crippen molar-refractivity contribution < 1.29 is 14.7 Å². The summed E-state index contributed by atoms with van der Waals surface area (Å²) in [6, 6.07) is 4.90. The summed E-state index contributed by atoms with van der Waals surface area (Å²) >= 11 is 5.83. The number of benzene rings is 1. The van der Waals surface area contributed by atoms with Crippen molar-refractivity contribution in [2.45, 2.75) is 13.0 Å². The smallest absolute Gasteiger partial charge is 0.227 e. The average Bonchev–Trinajstić information content (AvgIpc) is 2.71. The number of halogens is 1. The van der Waals surface area contributed by atoms with Crippen LogP contribution in [0.15, 0.2) is 18.2 Å². The molecule has 1 heterocycles. The number of carbonyl (C=O) groups is 2. The van der Waals surface area contributed by atoms with Crippen molar-refractivity contribution in [2.24, 2.45) is 11.7 Å². The molecule has 1 aromatic carbocycles. The molecular weight excluding hydrogens is 256 g/mol. The maximum atomic E-state index is 11.8. The monoisotopic (exact) mass is 268 g/mol. The van der Waals surface area contributed by atoms with Crippen LogP contribution in [0.5, 0.6) is 0 Å². The van der Waals surface area contributed by atoms with Crippen molar-refractivity contribution >= 4 is 29.1 Å². The van der Waals surface area contributed by atoms with Gasteiger partial charge in [0.1, 0.15) is 0 Å². The Hall–Kier alpha value is -1.59. The molecule has 3 N–H and O–H groups in total. The zero-order valence-electron chi connectivity index (χ0n) is 9.60. The van der Waals surface area contributed by atoms with Crippen LogP contribution in [0.2, 0.25) is 5.02 Å². The van der Waals surface area contributed by atoms with Crippen molar-refractivity contribution in [3.05, 3.63) is 28.8 Å². The van der Waals surface area contributed by atoms with Gasteiger partial charge in [-0.05, 0) is 18.2 Å². The van der Waals surface area contributed by atoms with E-state index in [1.165, 1.54) is 4.90 Å². The fraction of sp³-hybridized carbons (Fsp3) is 0.333. The largest absolute Gasteiger partial charge is 0.392 e. The number of amides is 2. The van der Waals surface area contributed by atoms with Crippen LogP contribution >= 0.6 is 11.6 Å². The Morgan fingerprint density at radius 2 is 2.28 bits per heavy atom. The van der Waals surface area contributed by atoms with Crippen LogP contribution in [-0.2, 0) is 16.2 Å². The SMILES string of the molecule is NC(=O)C1CC(=O)N(c2ccc(Cl)cc2CO)C1. The zero-order valence-corrected chi connectivity index (χ0v) is 10.4. The van der Waals surface area contributed by atoms with Crippen molar-refractivity contribution in [1.82, 2.24) is 0 Å². The van der Waals surface area contributed by atoms with E-state index in [4.69, 9.17) is 17.3 Å². The lowest BCUT2D eigenvalue weighted by molar-refractivity contribution is -0.123. The van der Waals surface area contributed by atoms with Crippen molar-refractivity contribution in [2.75, 3.05) is 11.4 Å². The quantitative estimate of drug-likeness (QED) is 0.845. The molecule has 18 heavy (non-hydrogen) atoms. The highest BCUT2D eigenvalue weighted by Crippen LogP contribution is 2.30. The Bertz CT molecular complexity index is 504. The molecule has 0 bridgehead atoms. The highest BCUT2D eigenvalue weighted by Gasteiger charge is 2.34. The first-order valence-corrected chi connectivity index (χ1v) is 5.89. The van der Waals surface area contributed by atoms with Gasteiger partial charge in [0.05, 0.1) is 12.5 Å². The summed E-state index contributed by atoms with van der Waals surface area (Å²) in [6.45, 7) is 0.0315. The summed E-state index contributed by atoms with van der Waals surface area (Å²) in [4.78, 5) is 24.4. The second kappa shape index (κ2) is 4.96. The Morgan fingerprint density at radius 1 is 1.56 bits per heavy atom. The minimum Gasteiger partial charge on any atom is -0.392 e. The molecule has 6 heteroatoms. The van der Waals surface area contributed by atoms with Crippen LogP contribution < -0.4 is 10.6 Å². The van der Waals surface area contributed by atoms with Crippen LogP contribution in [0.1, 0.15) is 12.0 Å². The molecule has 1 aliphatic heterocycles. The molecule has 2 rings (SSSR count). The van der Waals surface area contributed by atoms with Gasteiger partial charge in [-0.2, -0.15) is 0 Å². The molecule has 0 aliphatic carbocycles. The molecule has 1 unspecified atom stereocenters. The number of anilines is 1. The molecule has 5 nitrogen and oxygen atoms in total. The van der Waals surface area contributed by atoms with E-state index in [0.717, 1.165) is 0 Å². The van der Waals surface area contributed by atoms with Gasteiger partial charge in [-0.3, -0.25) is 9.59 Å². The predicted molar refractivity (Wildman–Crippen MR) is 67.0 cm³/mol. The molecule has 0 aromatic heterocycles. The zero-order chi connectivity index (χ0) is 13.3. The Labute approximate surface area is 109 Å². The van der Waals surface area contributed by atoms with E-state index in [2.05, 4.69) is 0 Å². The van der Waals surface area contributed by atoms with E-state index in [9.17, 15) is 14.7 Å². The molecule has 96 valence electrons. The fourth-order valence-electron chi connectivity index (χ4n) is 2.08.